The fourth-order valence-electron chi connectivity index (χ4n) is 5.04. The SMILES string of the molecule is CN1CCC(c2ccc(N3CCN(C4CCC(C(=O)O)CC4)C3=O)cc2)CC1. The molecule has 6 nitrogen and oxygen atoms in total. The quantitative estimate of drug-likeness (QED) is 0.863. The second-order valence-electron chi connectivity index (χ2n) is 8.64. The molecular weight excluding hydrogens is 354 g/mol. The van der Waals surface area contributed by atoms with Crippen LogP contribution >= 0.6 is 0 Å². The molecule has 152 valence electrons. The zero-order valence-electron chi connectivity index (χ0n) is 16.7. The van der Waals surface area contributed by atoms with Gasteiger partial charge in [-0.15, -0.1) is 0 Å². The second-order valence-corrected chi connectivity index (χ2v) is 8.64. The highest BCUT2D eigenvalue weighted by Crippen LogP contribution is 2.33. The Labute approximate surface area is 167 Å². The molecule has 0 radical (unpaired) electrons. The Morgan fingerprint density at radius 1 is 0.929 bits per heavy atom. The van der Waals surface area contributed by atoms with E-state index in [4.69, 9.17) is 0 Å². The van der Waals surface area contributed by atoms with Crippen molar-refractivity contribution in [1.29, 1.82) is 0 Å². The molecule has 2 amide bonds. The maximum atomic E-state index is 13.0. The van der Waals surface area contributed by atoms with Gasteiger partial charge in [-0.25, -0.2) is 4.79 Å². The van der Waals surface area contributed by atoms with Crippen LogP contribution in [0.1, 0.15) is 50.0 Å². The Hall–Kier alpha value is -2.08. The van der Waals surface area contributed by atoms with Crippen molar-refractivity contribution in [2.24, 2.45) is 5.92 Å². The summed E-state index contributed by atoms with van der Waals surface area (Å²) in [6.45, 7) is 3.75. The number of nitrogens with zero attached hydrogens (tertiary/aromatic N) is 3. The number of amides is 2. The van der Waals surface area contributed by atoms with Gasteiger partial charge in [0.2, 0.25) is 0 Å². The summed E-state index contributed by atoms with van der Waals surface area (Å²) in [7, 11) is 2.18. The van der Waals surface area contributed by atoms with Crippen LogP contribution in [0.2, 0.25) is 0 Å². The number of carboxylic acid groups (broad SMARTS) is 1. The molecule has 1 aromatic rings. The van der Waals surface area contributed by atoms with E-state index in [1.54, 1.807) is 0 Å². The number of carbonyl (C=O) groups excluding carboxylic acids is 1. The van der Waals surface area contributed by atoms with Gasteiger partial charge in [0, 0.05) is 24.8 Å². The molecule has 1 aromatic carbocycles. The summed E-state index contributed by atoms with van der Waals surface area (Å²) in [5.41, 5.74) is 2.36. The van der Waals surface area contributed by atoms with Gasteiger partial charge >= 0.3 is 12.0 Å². The van der Waals surface area contributed by atoms with Crippen molar-refractivity contribution in [1.82, 2.24) is 9.80 Å². The van der Waals surface area contributed by atoms with E-state index >= 15 is 0 Å². The predicted octanol–water partition coefficient (Wildman–Crippen LogP) is 3.38. The van der Waals surface area contributed by atoms with Crippen LogP contribution in [0.4, 0.5) is 10.5 Å². The Bertz CT molecular complexity index is 704. The van der Waals surface area contributed by atoms with E-state index in [0.29, 0.717) is 25.3 Å². The largest absolute Gasteiger partial charge is 0.481 e. The first-order chi connectivity index (χ1) is 13.5. The van der Waals surface area contributed by atoms with Crippen molar-refractivity contribution >= 4 is 17.7 Å². The maximum absolute atomic E-state index is 13.0. The van der Waals surface area contributed by atoms with Gasteiger partial charge in [-0.1, -0.05) is 12.1 Å². The highest BCUT2D eigenvalue weighted by Gasteiger charge is 2.37. The smallest absolute Gasteiger partial charge is 0.324 e. The van der Waals surface area contributed by atoms with Crippen LogP contribution in [0.15, 0.2) is 24.3 Å². The molecular formula is C22H31N3O3. The minimum absolute atomic E-state index is 0.0748. The van der Waals surface area contributed by atoms with Crippen LogP contribution in [0.25, 0.3) is 0 Å². The number of piperidine rings is 1. The van der Waals surface area contributed by atoms with Gasteiger partial charge in [-0.05, 0) is 82.3 Å². The highest BCUT2D eigenvalue weighted by molar-refractivity contribution is 5.94. The number of hydrogen-bond donors (Lipinski definition) is 1. The van der Waals surface area contributed by atoms with E-state index < -0.39 is 5.97 Å². The maximum Gasteiger partial charge on any atom is 0.324 e. The zero-order valence-corrected chi connectivity index (χ0v) is 16.7. The molecule has 0 atom stereocenters. The number of carboxylic acids is 1. The Morgan fingerprint density at radius 2 is 1.57 bits per heavy atom. The summed E-state index contributed by atoms with van der Waals surface area (Å²) in [4.78, 5) is 30.3. The lowest BCUT2D eigenvalue weighted by molar-refractivity contribution is -0.143. The fraction of sp³-hybridized carbons (Fsp3) is 0.636. The summed E-state index contributed by atoms with van der Waals surface area (Å²) in [6, 6.07) is 8.84. The normalized spacial score (nSPS) is 27.4. The van der Waals surface area contributed by atoms with Crippen molar-refractivity contribution in [3.63, 3.8) is 0 Å². The van der Waals surface area contributed by atoms with Crippen LogP contribution in [0.3, 0.4) is 0 Å². The van der Waals surface area contributed by atoms with E-state index in [1.165, 1.54) is 18.4 Å². The summed E-state index contributed by atoms with van der Waals surface area (Å²) in [5, 5.41) is 9.17. The number of rotatable bonds is 4. The second kappa shape index (κ2) is 8.11. The van der Waals surface area contributed by atoms with Crippen LogP contribution < -0.4 is 4.90 Å². The highest BCUT2D eigenvalue weighted by atomic mass is 16.4. The Kier molecular flexibility index (Phi) is 5.58. The molecule has 6 heteroatoms. The summed E-state index contributed by atoms with van der Waals surface area (Å²) in [5.74, 6) is -0.310. The van der Waals surface area contributed by atoms with Gasteiger partial charge in [0.05, 0.1) is 5.92 Å². The number of carbonyl (C=O) groups is 2. The molecule has 1 aliphatic carbocycles. The van der Waals surface area contributed by atoms with Crippen LogP contribution in [-0.2, 0) is 4.79 Å². The topological polar surface area (TPSA) is 64.1 Å². The number of hydrogen-bond acceptors (Lipinski definition) is 3. The molecule has 3 aliphatic rings. The van der Waals surface area contributed by atoms with Gasteiger partial charge in [-0.2, -0.15) is 0 Å². The van der Waals surface area contributed by atoms with E-state index in [-0.39, 0.29) is 18.0 Å². The Balaban J connectivity index is 1.36. The summed E-state index contributed by atoms with van der Waals surface area (Å²) >= 11 is 0. The van der Waals surface area contributed by atoms with Crippen LogP contribution in [0.5, 0.6) is 0 Å². The molecule has 0 aromatic heterocycles. The third kappa shape index (κ3) is 3.88. The number of aliphatic carboxylic acids is 1. The molecule has 2 heterocycles. The standard InChI is InChI=1S/C22H31N3O3/c1-23-12-10-17(11-13-23)16-2-6-19(7-3-16)24-14-15-25(22(24)28)20-8-4-18(5-9-20)21(26)27/h2-3,6-7,17-18,20H,4-5,8-15H2,1H3,(H,26,27). The third-order valence-electron chi connectivity index (χ3n) is 6.92. The Morgan fingerprint density at radius 3 is 2.18 bits per heavy atom. The first-order valence-corrected chi connectivity index (χ1v) is 10.6. The average Bonchev–Trinajstić information content (AvgIpc) is 3.10. The summed E-state index contributed by atoms with van der Waals surface area (Å²) in [6.07, 6.45) is 5.35. The van der Waals surface area contributed by atoms with E-state index in [2.05, 4.69) is 36.2 Å². The molecule has 2 saturated heterocycles. The fourth-order valence-corrected chi connectivity index (χ4v) is 5.04. The average molecular weight is 386 g/mol. The molecule has 4 rings (SSSR count). The molecule has 0 bridgehead atoms. The van der Waals surface area contributed by atoms with Gasteiger partial charge in [0.1, 0.15) is 0 Å². The van der Waals surface area contributed by atoms with Crippen molar-refractivity contribution in [2.45, 2.75) is 50.5 Å². The minimum atomic E-state index is -0.697. The van der Waals surface area contributed by atoms with Crippen molar-refractivity contribution in [3.8, 4) is 0 Å². The number of anilines is 1. The van der Waals surface area contributed by atoms with Crippen LogP contribution in [-0.4, -0.2) is 66.2 Å². The molecule has 28 heavy (non-hydrogen) atoms. The van der Waals surface area contributed by atoms with Gasteiger partial charge in [0.15, 0.2) is 0 Å². The molecule has 3 fully saturated rings. The van der Waals surface area contributed by atoms with Gasteiger partial charge in [0.25, 0.3) is 0 Å². The molecule has 0 spiro atoms. The third-order valence-corrected chi connectivity index (χ3v) is 6.92. The van der Waals surface area contributed by atoms with Crippen molar-refractivity contribution < 1.29 is 14.7 Å². The molecule has 2 aliphatic heterocycles. The zero-order chi connectivity index (χ0) is 19.7. The first kappa shape index (κ1) is 19.2. The van der Waals surface area contributed by atoms with Crippen molar-refractivity contribution in [2.75, 3.05) is 38.1 Å². The monoisotopic (exact) mass is 385 g/mol. The molecule has 0 unspecified atom stereocenters. The van der Waals surface area contributed by atoms with E-state index in [0.717, 1.165) is 38.2 Å². The van der Waals surface area contributed by atoms with Gasteiger partial charge < -0.3 is 14.9 Å². The number of benzene rings is 1. The lowest BCUT2D eigenvalue weighted by Gasteiger charge is -2.33. The summed E-state index contributed by atoms with van der Waals surface area (Å²) < 4.78 is 0. The lowest BCUT2D eigenvalue weighted by Crippen LogP contribution is -2.42. The number of urea groups is 1. The first-order valence-electron chi connectivity index (χ1n) is 10.6. The van der Waals surface area contributed by atoms with Crippen LogP contribution in [0, 0.1) is 5.92 Å². The lowest BCUT2D eigenvalue weighted by atomic mass is 9.85. The number of likely N-dealkylation sites (tertiary alicyclic amines) is 1. The van der Waals surface area contributed by atoms with E-state index in [9.17, 15) is 14.7 Å². The van der Waals surface area contributed by atoms with Crippen molar-refractivity contribution in [3.05, 3.63) is 29.8 Å². The van der Waals surface area contributed by atoms with E-state index in [1.807, 2.05) is 9.80 Å². The van der Waals surface area contributed by atoms with Gasteiger partial charge in [-0.3, -0.25) is 9.69 Å². The molecule has 1 saturated carbocycles. The predicted molar refractivity (Wildman–Crippen MR) is 109 cm³/mol. The molecule has 1 N–H and O–H groups in total. The minimum Gasteiger partial charge on any atom is -0.481 e.